The fourth-order valence-corrected chi connectivity index (χ4v) is 1.68. The summed E-state index contributed by atoms with van der Waals surface area (Å²) in [7, 11) is 0. The highest BCUT2D eigenvalue weighted by atomic mass is 19.1. The van der Waals surface area contributed by atoms with Crippen LogP contribution in [0.3, 0.4) is 0 Å². The number of hydrogen-bond donors (Lipinski definition) is 2. The van der Waals surface area contributed by atoms with E-state index in [1.54, 1.807) is 0 Å². The molecule has 2 rings (SSSR count). The Morgan fingerprint density at radius 3 is 2.77 bits per heavy atom. The van der Waals surface area contributed by atoms with Gasteiger partial charge in [-0.05, 0) is 30.3 Å². The Hall–Kier alpha value is -2.67. The normalized spacial score (nSPS) is 11.7. The zero-order chi connectivity index (χ0) is 15.9. The van der Waals surface area contributed by atoms with Crippen molar-refractivity contribution in [2.75, 3.05) is 13.2 Å². The lowest BCUT2D eigenvalue weighted by atomic mass is 10.2. The van der Waals surface area contributed by atoms with Gasteiger partial charge in [-0.15, -0.1) is 0 Å². The van der Waals surface area contributed by atoms with Gasteiger partial charge in [0.1, 0.15) is 29.8 Å². The predicted octanol–water partition coefficient (Wildman–Crippen LogP) is 0.629. The van der Waals surface area contributed by atoms with Gasteiger partial charge >= 0.3 is 0 Å². The standard InChI is InChI=1S/C15H15FN2O4/c16-12-3-5-14(6-4-12)22-10-13(19)8-17-15(20)11-2-1-7-18(21)9-11/h1-7,9,13,19H,8,10H2,(H,17,20). The van der Waals surface area contributed by atoms with E-state index < -0.39 is 12.0 Å². The summed E-state index contributed by atoms with van der Waals surface area (Å²) in [5, 5.41) is 23.3. The van der Waals surface area contributed by atoms with Crippen LogP contribution in [0, 0.1) is 11.0 Å². The number of nitrogens with one attached hydrogen (secondary N) is 1. The maximum atomic E-state index is 12.7. The molecule has 2 N–H and O–H groups in total. The molecule has 1 aromatic carbocycles. The van der Waals surface area contributed by atoms with Gasteiger partial charge in [0.05, 0.1) is 0 Å². The highest BCUT2D eigenvalue weighted by Gasteiger charge is 2.11. The number of ether oxygens (including phenoxy) is 1. The maximum absolute atomic E-state index is 12.7. The lowest BCUT2D eigenvalue weighted by molar-refractivity contribution is -0.605. The van der Waals surface area contributed by atoms with Crippen LogP contribution in [0.4, 0.5) is 4.39 Å². The van der Waals surface area contributed by atoms with Gasteiger partial charge in [0, 0.05) is 12.6 Å². The van der Waals surface area contributed by atoms with Crippen LogP contribution >= 0.6 is 0 Å². The van der Waals surface area contributed by atoms with Crippen LogP contribution in [0.15, 0.2) is 48.8 Å². The number of pyridine rings is 1. The van der Waals surface area contributed by atoms with Crippen molar-refractivity contribution in [2.45, 2.75) is 6.10 Å². The lowest BCUT2D eigenvalue weighted by Crippen LogP contribution is -2.36. The van der Waals surface area contributed by atoms with Crippen LogP contribution in [0.1, 0.15) is 10.4 Å². The summed E-state index contributed by atoms with van der Waals surface area (Å²) in [6.45, 7) is -0.0873. The molecule has 1 unspecified atom stereocenters. The van der Waals surface area contributed by atoms with Crippen LogP contribution in [-0.2, 0) is 0 Å². The third kappa shape index (κ3) is 4.71. The number of amides is 1. The van der Waals surface area contributed by atoms with E-state index in [1.165, 1.54) is 42.6 Å². The number of hydrogen-bond acceptors (Lipinski definition) is 4. The second-order valence-corrected chi connectivity index (χ2v) is 4.58. The number of rotatable bonds is 6. The Morgan fingerprint density at radius 2 is 2.09 bits per heavy atom. The molecule has 1 aromatic heterocycles. The Balaban J connectivity index is 1.76. The molecule has 0 aliphatic carbocycles. The van der Waals surface area contributed by atoms with Crippen LogP contribution in [0.2, 0.25) is 0 Å². The molecule has 0 aliphatic heterocycles. The van der Waals surface area contributed by atoms with Crippen molar-refractivity contribution in [3.8, 4) is 5.75 Å². The fourth-order valence-electron chi connectivity index (χ4n) is 1.68. The van der Waals surface area contributed by atoms with Gasteiger partial charge in [-0.25, -0.2) is 4.39 Å². The number of aromatic nitrogens is 1. The topological polar surface area (TPSA) is 85.5 Å². The third-order valence-electron chi connectivity index (χ3n) is 2.79. The lowest BCUT2D eigenvalue weighted by Gasteiger charge is -2.13. The first-order valence-electron chi connectivity index (χ1n) is 6.58. The van der Waals surface area contributed by atoms with Gasteiger partial charge in [-0.1, -0.05) is 0 Å². The molecule has 0 saturated heterocycles. The molecule has 2 aromatic rings. The Kier molecular flexibility index (Phi) is 5.26. The number of benzene rings is 1. The average Bonchev–Trinajstić information content (AvgIpc) is 2.52. The first kappa shape index (κ1) is 15.7. The van der Waals surface area contributed by atoms with E-state index in [4.69, 9.17) is 4.74 Å². The van der Waals surface area contributed by atoms with Crippen molar-refractivity contribution in [3.05, 3.63) is 65.4 Å². The first-order valence-corrected chi connectivity index (χ1v) is 6.58. The molecule has 1 heterocycles. The molecular formula is C15H15FN2O4. The van der Waals surface area contributed by atoms with Gasteiger partial charge in [0.2, 0.25) is 0 Å². The third-order valence-corrected chi connectivity index (χ3v) is 2.79. The molecule has 1 amide bonds. The SMILES string of the molecule is O=C(NCC(O)COc1ccc(F)cc1)c1ccc[n+]([O-])c1. The summed E-state index contributed by atoms with van der Waals surface area (Å²) in [4.78, 5) is 11.8. The van der Waals surface area contributed by atoms with Crippen molar-refractivity contribution in [1.82, 2.24) is 5.32 Å². The highest BCUT2D eigenvalue weighted by Crippen LogP contribution is 2.11. The van der Waals surface area contributed by atoms with E-state index in [-0.39, 0.29) is 24.5 Å². The summed E-state index contributed by atoms with van der Waals surface area (Å²) in [5.74, 6) is -0.424. The molecule has 116 valence electrons. The molecule has 0 spiro atoms. The molecule has 0 fully saturated rings. The van der Waals surface area contributed by atoms with Crippen molar-refractivity contribution in [2.24, 2.45) is 0 Å². The molecule has 6 nitrogen and oxygen atoms in total. The first-order chi connectivity index (χ1) is 10.5. The van der Waals surface area contributed by atoms with Gasteiger partial charge in [0.15, 0.2) is 12.4 Å². The molecule has 1 atom stereocenters. The summed E-state index contributed by atoms with van der Waals surface area (Å²) in [6, 6.07) is 8.32. The second kappa shape index (κ2) is 7.37. The average molecular weight is 306 g/mol. The molecule has 0 bridgehead atoms. The van der Waals surface area contributed by atoms with Crippen molar-refractivity contribution < 1.29 is 23.8 Å². The van der Waals surface area contributed by atoms with Gasteiger partial charge in [0.25, 0.3) is 5.91 Å². The zero-order valence-electron chi connectivity index (χ0n) is 11.6. The predicted molar refractivity (Wildman–Crippen MR) is 75.6 cm³/mol. The van der Waals surface area contributed by atoms with Gasteiger partial charge in [-0.3, -0.25) is 4.79 Å². The van der Waals surface area contributed by atoms with E-state index in [0.717, 1.165) is 6.20 Å². The number of aliphatic hydroxyl groups excluding tert-OH is 1. The molecular weight excluding hydrogens is 291 g/mol. The van der Waals surface area contributed by atoms with Crippen molar-refractivity contribution >= 4 is 5.91 Å². The minimum atomic E-state index is -0.933. The zero-order valence-corrected chi connectivity index (χ0v) is 11.6. The number of carbonyl (C=O) groups excluding carboxylic acids is 1. The van der Waals surface area contributed by atoms with E-state index >= 15 is 0 Å². The largest absolute Gasteiger partial charge is 0.619 e. The summed E-state index contributed by atoms with van der Waals surface area (Å²) in [6.07, 6.45) is 1.47. The number of carbonyl (C=O) groups is 1. The Labute approximate surface area is 126 Å². The second-order valence-electron chi connectivity index (χ2n) is 4.58. The summed E-state index contributed by atoms with van der Waals surface area (Å²) in [5.41, 5.74) is 0.198. The van der Waals surface area contributed by atoms with Crippen LogP contribution in [-0.4, -0.2) is 30.3 Å². The Bertz CT molecular complexity index is 634. The van der Waals surface area contributed by atoms with Crippen LogP contribution < -0.4 is 14.8 Å². The van der Waals surface area contributed by atoms with E-state index in [0.29, 0.717) is 10.5 Å². The van der Waals surface area contributed by atoms with Gasteiger partial charge < -0.3 is 20.4 Å². The minimum absolute atomic E-state index is 0.0339. The number of aliphatic hydroxyl groups is 1. The minimum Gasteiger partial charge on any atom is -0.619 e. The van der Waals surface area contributed by atoms with Crippen molar-refractivity contribution in [3.63, 3.8) is 0 Å². The molecule has 0 saturated carbocycles. The van der Waals surface area contributed by atoms with E-state index in [9.17, 15) is 19.5 Å². The number of halogens is 1. The summed E-state index contributed by atoms with van der Waals surface area (Å²) >= 11 is 0. The smallest absolute Gasteiger partial charge is 0.257 e. The molecule has 7 heteroatoms. The summed E-state index contributed by atoms with van der Waals surface area (Å²) < 4.78 is 18.5. The quantitative estimate of drug-likeness (QED) is 0.605. The van der Waals surface area contributed by atoms with E-state index in [1.807, 2.05) is 0 Å². The molecule has 22 heavy (non-hydrogen) atoms. The molecule has 0 radical (unpaired) electrons. The van der Waals surface area contributed by atoms with E-state index in [2.05, 4.69) is 5.32 Å². The van der Waals surface area contributed by atoms with Gasteiger partial charge in [-0.2, -0.15) is 4.73 Å². The highest BCUT2D eigenvalue weighted by molar-refractivity contribution is 5.93. The number of nitrogens with zero attached hydrogens (tertiary/aromatic N) is 1. The Morgan fingerprint density at radius 1 is 1.36 bits per heavy atom. The monoisotopic (exact) mass is 306 g/mol. The van der Waals surface area contributed by atoms with Crippen LogP contribution in [0.5, 0.6) is 5.75 Å². The van der Waals surface area contributed by atoms with Crippen molar-refractivity contribution in [1.29, 1.82) is 0 Å². The molecule has 0 aliphatic rings. The van der Waals surface area contributed by atoms with Crippen LogP contribution in [0.25, 0.3) is 0 Å². The maximum Gasteiger partial charge on any atom is 0.257 e. The fraction of sp³-hybridized carbons (Fsp3) is 0.200.